The third-order valence-electron chi connectivity index (χ3n) is 6.78. The number of nitrogens with zero attached hydrogens (tertiary/aromatic N) is 2. The third kappa shape index (κ3) is 3.15. The highest BCUT2D eigenvalue weighted by atomic mass is 79.9. The Kier molecular flexibility index (Phi) is 4.30. The molecule has 0 radical (unpaired) electrons. The summed E-state index contributed by atoms with van der Waals surface area (Å²) in [5, 5.41) is 21.2. The second kappa shape index (κ2) is 6.72. The summed E-state index contributed by atoms with van der Waals surface area (Å²) in [4.78, 5) is 12.4. The Morgan fingerprint density at radius 3 is 2.57 bits per heavy atom. The van der Waals surface area contributed by atoms with Crippen molar-refractivity contribution >= 4 is 28.1 Å². The number of carbonyl (C=O) groups excluding carboxylic acids is 1. The van der Waals surface area contributed by atoms with E-state index in [9.17, 15) is 9.90 Å². The monoisotopic (exact) mass is 442 g/mol. The molecule has 1 aromatic heterocycles. The van der Waals surface area contributed by atoms with Crippen molar-refractivity contribution in [3.05, 3.63) is 45.7 Å². The fourth-order valence-corrected chi connectivity index (χ4v) is 6.38. The summed E-state index contributed by atoms with van der Waals surface area (Å²) in [6, 6.07) is 6.94. The second-order valence-electron chi connectivity index (χ2n) is 8.77. The van der Waals surface area contributed by atoms with E-state index in [1.54, 1.807) is 18.2 Å². The van der Waals surface area contributed by atoms with E-state index in [1.165, 1.54) is 44.7 Å². The Morgan fingerprint density at radius 1 is 1.21 bits per heavy atom. The first-order chi connectivity index (χ1) is 13.5. The predicted octanol–water partition coefficient (Wildman–Crippen LogP) is 4.11. The number of phenolic OH excluding ortho intramolecular Hbond substituents is 1. The average Bonchev–Trinajstić information content (AvgIpc) is 3.14. The van der Waals surface area contributed by atoms with Crippen LogP contribution in [0.4, 0.5) is 0 Å². The van der Waals surface area contributed by atoms with Gasteiger partial charge in [-0.05, 0) is 80.5 Å². The zero-order chi connectivity index (χ0) is 19.3. The Labute approximate surface area is 171 Å². The molecule has 4 aliphatic carbocycles. The Morgan fingerprint density at radius 2 is 1.89 bits per heavy atom. The number of aromatic hydroxyl groups is 1. The van der Waals surface area contributed by atoms with Gasteiger partial charge in [-0.3, -0.25) is 9.89 Å². The van der Waals surface area contributed by atoms with Crippen molar-refractivity contribution < 1.29 is 9.90 Å². The number of phenols is 1. The van der Waals surface area contributed by atoms with Crippen LogP contribution in [0.3, 0.4) is 0 Å². The summed E-state index contributed by atoms with van der Waals surface area (Å²) in [7, 11) is 0. The number of rotatable bonds is 4. The molecule has 3 N–H and O–H groups in total. The molecule has 0 saturated heterocycles. The summed E-state index contributed by atoms with van der Waals surface area (Å²) >= 11 is 3.35. The van der Waals surface area contributed by atoms with Gasteiger partial charge in [-0.1, -0.05) is 15.9 Å². The molecule has 0 unspecified atom stereocenters. The first-order valence-electron chi connectivity index (χ1n) is 9.88. The number of hydrogen-bond acceptors (Lipinski definition) is 4. The molecule has 6 nitrogen and oxygen atoms in total. The van der Waals surface area contributed by atoms with E-state index < -0.39 is 0 Å². The van der Waals surface area contributed by atoms with Crippen LogP contribution in [0.2, 0.25) is 0 Å². The van der Waals surface area contributed by atoms with Gasteiger partial charge in [-0.25, -0.2) is 5.43 Å². The summed E-state index contributed by atoms with van der Waals surface area (Å²) < 4.78 is 0.825. The smallest absolute Gasteiger partial charge is 0.291 e. The van der Waals surface area contributed by atoms with Crippen LogP contribution in [0.1, 0.15) is 60.3 Å². The van der Waals surface area contributed by atoms with E-state index >= 15 is 0 Å². The molecule has 4 bridgehead atoms. The number of halogens is 1. The van der Waals surface area contributed by atoms with Crippen LogP contribution in [0.5, 0.6) is 5.75 Å². The fourth-order valence-electron chi connectivity index (χ4n) is 6.00. The number of carbonyl (C=O) groups is 1. The van der Waals surface area contributed by atoms with Gasteiger partial charge >= 0.3 is 0 Å². The molecule has 4 fully saturated rings. The molecule has 1 amide bonds. The van der Waals surface area contributed by atoms with E-state index in [4.69, 9.17) is 0 Å². The first-order valence-corrected chi connectivity index (χ1v) is 10.7. The van der Waals surface area contributed by atoms with E-state index in [-0.39, 0.29) is 17.1 Å². The lowest BCUT2D eigenvalue weighted by molar-refractivity contribution is -0.00721. The lowest BCUT2D eigenvalue weighted by atomic mass is 9.49. The van der Waals surface area contributed by atoms with Crippen molar-refractivity contribution in [3.63, 3.8) is 0 Å². The van der Waals surface area contributed by atoms with Gasteiger partial charge in [-0.2, -0.15) is 10.2 Å². The van der Waals surface area contributed by atoms with E-state index in [0.29, 0.717) is 11.3 Å². The molecule has 4 aliphatic rings. The van der Waals surface area contributed by atoms with Crippen LogP contribution in [-0.4, -0.2) is 27.4 Å². The van der Waals surface area contributed by atoms with Gasteiger partial charge in [0.2, 0.25) is 0 Å². The second-order valence-corrected chi connectivity index (χ2v) is 9.68. The third-order valence-corrected chi connectivity index (χ3v) is 7.27. The molecule has 0 aliphatic heterocycles. The molecule has 7 heteroatoms. The van der Waals surface area contributed by atoms with Crippen molar-refractivity contribution in [2.75, 3.05) is 0 Å². The number of aromatic nitrogens is 2. The molecule has 0 atom stereocenters. The largest absolute Gasteiger partial charge is 0.507 e. The van der Waals surface area contributed by atoms with Gasteiger partial charge in [0.25, 0.3) is 5.91 Å². The number of H-pyrrole nitrogens is 1. The topological polar surface area (TPSA) is 90.4 Å². The van der Waals surface area contributed by atoms with E-state index in [1.807, 2.05) is 6.07 Å². The maximum absolute atomic E-state index is 12.4. The summed E-state index contributed by atoms with van der Waals surface area (Å²) in [5.74, 6) is 2.28. The predicted molar refractivity (Wildman–Crippen MR) is 109 cm³/mol. The quantitative estimate of drug-likeness (QED) is 0.491. The number of aromatic amines is 1. The zero-order valence-corrected chi connectivity index (χ0v) is 17.1. The zero-order valence-electron chi connectivity index (χ0n) is 15.5. The minimum atomic E-state index is -0.349. The van der Waals surface area contributed by atoms with Crippen molar-refractivity contribution in [2.45, 2.75) is 43.9 Å². The average molecular weight is 443 g/mol. The molecule has 2 aromatic rings. The van der Waals surface area contributed by atoms with Crippen molar-refractivity contribution in [1.29, 1.82) is 0 Å². The maximum Gasteiger partial charge on any atom is 0.291 e. The number of benzene rings is 1. The molecule has 1 heterocycles. The van der Waals surface area contributed by atoms with Crippen LogP contribution < -0.4 is 5.43 Å². The molecule has 0 spiro atoms. The first kappa shape index (κ1) is 17.9. The van der Waals surface area contributed by atoms with Crippen molar-refractivity contribution in [2.24, 2.45) is 22.9 Å². The molecule has 4 saturated carbocycles. The van der Waals surface area contributed by atoms with Crippen molar-refractivity contribution in [3.8, 4) is 5.75 Å². The number of amides is 1. The SMILES string of the molecule is O=C(N/N=C/c1cc(Br)ccc1O)c1cc(C23CC4CC(CC(C4)C2)C3)[nH]n1. The molecular weight excluding hydrogens is 420 g/mol. The van der Waals surface area contributed by atoms with Gasteiger partial charge in [0.1, 0.15) is 5.75 Å². The van der Waals surface area contributed by atoms with Crippen LogP contribution in [-0.2, 0) is 5.41 Å². The fraction of sp³-hybridized carbons (Fsp3) is 0.476. The summed E-state index contributed by atoms with van der Waals surface area (Å²) in [6.45, 7) is 0. The number of hydrazone groups is 1. The molecule has 6 rings (SSSR count). The lowest BCUT2D eigenvalue weighted by Crippen LogP contribution is -2.48. The highest BCUT2D eigenvalue weighted by molar-refractivity contribution is 9.10. The van der Waals surface area contributed by atoms with Gasteiger partial charge in [0.05, 0.1) is 6.21 Å². The highest BCUT2D eigenvalue weighted by Crippen LogP contribution is 2.60. The highest BCUT2D eigenvalue weighted by Gasteiger charge is 2.52. The van der Waals surface area contributed by atoms with Crippen LogP contribution in [0.25, 0.3) is 0 Å². The standard InChI is InChI=1S/C21H23BrN4O2/c22-16-1-2-18(27)15(6-16)11-23-26-20(28)17-7-19(25-24-17)21-8-12-3-13(9-21)5-14(4-12)10-21/h1-2,6-7,11-14,27H,3-5,8-10H2,(H,24,25)(H,26,28)/b23-11+. The van der Waals surface area contributed by atoms with Crippen LogP contribution in [0.15, 0.2) is 33.8 Å². The number of hydrogen-bond donors (Lipinski definition) is 3. The van der Waals surface area contributed by atoms with Crippen molar-refractivity contribution in [1.82, 2.24) is 15.6 Å². The van der Waals surface area contributed by atoms with Gasteiger partial charge < -0.3 is 5.11 Å². The maximum atomic E-state index is 12.4. The summed E-state index contributed by atoms with van der Waals surface area (Å²) in [5.41, 5.74) is 4.69. The normalized spacial score (nSPS) is 30.8. The summed E-state index contributed by atoms with van der Waals surface area (Å²) in [6.07, 6.45) is 9.26. The minimum Gasteiger partial charge on any atom is -0.507 e. The number of nitrogens with one attached hydrogen (secondary N) is 2. The minimum absolute atomic E-state index is 0.102. The molecule has 146 valence electrons. The molecular formula is C21H23BrN4O2. The Balaban J connectivity index is 1.29. The van der Waals surface area contributed by atoms with Gasteiger partial charge in [0.15, 0.2) is 5.69 Å². The van der Waals surface area contributed by atoms with Crippen LogP contribution >= 0.6 is 15.9 Å². The Hall–Kier alpha value is -2.15. The van der Waals surface area contributed by atoms with Gasteiger partial charge in [0, 0.05) is 21.1 Å². The van der Waals surface area contributed by atoms with Crippen LogP contribution in [0, 0.1) is 17.8 Å². The lowest BCUT2D eigenvalue weighted by Gasteiger charge is -2.56. The van der Waals surface area contributed by atoms with Gasteiger partial charge in [-0.15, -0.1) is 0 Å². The molecule has 28 heavy (non-hydrogen) atoms. The Bertz CT molecular complexity index is 916. The van der Waals surface area contributed by atoms with E-state index in [2.05, 4.69) is 36.7 Å². The molecule has 1 aromatic carbocycles. The van der Waals surface area contributed by atoms with E-state index in [0.717, 1.165) is 27.9 Å².